The molecule has 1 rings (SSSR count). The van der Waals surface area contributed by atoms with Gasteiger partial charge in [-0.1, -0.05) is 37.6 Å². The van der Waals surface area contributed by atoms with E-state index in [-0.39, 0.29) is 24.9 Å². The fourth-order valence-corrected chi connectivity index (χ4v) is 2.69. The number of hydrogen-bond donors (Lipinski definition) is 1. The Kier molecular flexibility index (Phi) is 8.71. The van der Waals surface area contributed by atoms with Crippen molar-refractivity contribution in [2.75, 3.05) is 26.4 Å². The summed E-state index contributed by atoms with van der Waals surface area (Å²) < 4.78 is 24.2. The molecule has 0 fully saturated rings. The summed E-state index contributed by atoms with van der Waals surface area (Å²) in [6.45, 7) is 5.91. The van der Waals surface area contributed by atoms with Crippen LogP contribution in [0.25, 0.3) is 0 Å². The summed E-state index contributed by atoms with van der Waals surface area (Å²) in [4.78, 5) is 26.6. The summed E-state index contributed by atoms with van der Waals surface area (Å²) >= 11 is 5.90. The van der Waals surface area contributed by atoms with E-state index in [0.29, 0.717) is 11.6 Å². The van der Waals surface area contributed by atoms with E-state index < -0.39 is 22.0 Å². The third-order valence-corrected chi connectivity index (χ3v) is 5.56. The van der Waals surface area contributed by atoms with Crippen LogP contribution in [-0.2, 0) is 26.2 Å². The number of halogens is 1. The van der Waals surface area contributed by atoms with Gasteiger partial charge in [0.25, 0.3) is 0 Å². The molecule has 0 radical (unpaired) electrons. The number of nitrogens with zero attached hydrogens (tertiary/aromatic N) is 2. The second-order valence-electron chi connectivity index (χ2n) is 6.98. The van der Waals surface area contributed by atoms with Crippen molar-refractivity contribution >= 4 is 33.4 Å². The quantitative estimate of drug-likeness (QED) is 0.662. The standard InChI is InChI=1S/C18H28ClN3O4S/c1-13(2)10-20-18(24)14(3)22(11-15-6-8-16(19)9-7-15)17(23)12-21(4)27(5,25)26/h6-9,13-14H,10-12H2,1-5H3,(H,20,24). The van der Waals surface area contributed by atoms with Gasteiger partial charge in [-0.25, -0.2) is 8.42 Å². The Morgan fingerprint density at radius 3 is 2.19 bits per heavy atom. The zero-order chi connectivity index (χ0) is 20.8. The van der Waals surface area contributed by atoms with Crippen LogP contribution in [-0.4, -0.2) is 61.9 Å². The van der Waals surface area contributed by atoms with E-state index in [1.807, 2.05) is 13.8 Å². The van der Waals surface area contributed by atoms with Crippen molar-refractivity contribution in [1.82, 2.24) is 14.5 Å². The number of benzene rings is 1. The molecule has 9 heteroatoms. The molecule has 1 aromatic rings. The Hall–Kier alpha value is -1.64. The Morgan fingerprint density at radius 2 is 1.70 bits per heavy atom. The highest BCUT2D eigenvalue weighted by atomic mass is 35.5. The molecule has 0 heterocycles. The highest BCUT2D eigenvalue weighted by molar-refractivity contribution is 7.88. The lowest BCUT2D eigenvalue weighted by molar-refractivity contribution is -0.140. The van der Waals surface area contributed by atoms with E-state index in [1.165, 1.54) is 11.9 Å². The molecule has 1 aromatic carbocycles. The Morgan fingerprint density at radius 1 is 1.15 bits per heavy atom. The van der Waals surface area contributed by atoms with E-state index in [4.69, 9.17) is 11.6 Å². The summed E-state index contributed by atoms with van der Waals surface area (Å²) in [5.41, 5.74) is 0.790. The minimum Gasteiger partial charge on any atom is -0.354 e. The van der Waals surface area contributed by atoms with Crippen molar-refractivity contribution in [2.45, 2.75) is 33.4 Å². The molecule has 27 heavy (non-hydrogen) atoms. The van der Waals surface area contributed by atoms with Crippen LogP contribution >= 0.6 is 11.6 Å². The van der Waals surface area contributed by atoms with E-state index in [9.17, 15) is 18.0 Å². The maximum absolute atomic E-state index is 12.8. The lowest BCUT2D eigenvalue weighted by atomic mass is 10.1. The third-order valence-electron chi connectivity index (χ3n) is 4.04. The molecule has 0 aliphatic rings. The molecule has 0 saturated carbocycles. The Bertz CT molecular complexity index is 750. The fraction of sp³-hybridized carbons (Fsp3) is 0.556. The Labute approximate surface area is 166 Å². The average molecular weight is 418 g/mol. The molecule has 1 atom stereocenters. The molecule has 0 bridgehead atoms. The minimum atomic E-state index is -3.51. The molecule has 0 saturated heterocycles. The summed E-state index contributed by atoms with van der Waals surface area (Å²) in [5, 5.41) is 3.38. The van der Waals surface area contributed by atoms with Crippen LogP contribution in [0.4, 0.5) is 0 Å². The number of likely N-dealkylation sites (N-methyl/N-ethyl adjacent to an activating group) is 1. The van der Waals surface area contributed by atoms with Gasteiger partial charge in [-0.2, -0.15) is 4.31 Å². The van der Waals surface area contributed by atoms with Crippen LogP contribution in [0.15, 0.2) is 24.3 Å². The van der Waals surface area contributed by atoms with Crippen molar-refractivity contribution in [3.63, 3.8) is 0 Å². The van der Waals surface area contributed by atoms with Gasteiger partial charge in [-0.3, -0.25) is 9.59 Å². The second-order valence-corrected chi connectivity index (χ2v) is 9.51. The minimum absolute atomic E-state index is 0.171. The van der Waals surface area contributed by atoms with Gasteiger partial charge in [0, 0.05) is 25.2 Å². The predicted molar refractivity (Wildman–Crippen MR) is 107 cm³/mol. The van der Waals surface area contributed by atoms with Gasteiger partial charge in [0.05, 0.1) is 12.8 Å². The monoisotopic (exact) mass is 417 g/mol. The predicted octanol–water partition coefficient (Wildman–Crippen LogP) is 1.72. The first-order valence-electron chi connectivity index (χ1n) is 8.64. The average Bonchev–Trinajstić information content (AvgIpc) is 2.57. The third kappa shape index (κ3) is 7.86. The molecule has 0 aromatic heterocycles. The van der Waals surface area contributed by atoms with E-state index in [2.05, 4.69) is 5.32 Å². The summed E-state index contributed by atoms with van der Waals surface area (Å²) in [6, 6.07) is 6.18. The van der Waals surface area contributed by atoms with Crippen LogP contribution in [0.2, 0.25) is 5.02 Å². The molecule has 0 spiro atoms. The molecule has 0 aliphatic heterocycles. The lowest BCUT2D eigenvalue weighted by Crippen LogP contribution is -2.51. The number of sulfonamides is 1. The van der Waals surface area contributed by atoms with Crippen molar-refractivity contribution in [2.24, 2.45) is 5.92 Å². The molecular formula is C18H28ClN3O4S. The molecule has 1 N–H and O–H groups in total. The number of amides is 2. The Balaban J connectivity index is 3.01. The first-order chi connectivity index (χ1) is 12.4. The molecule has 1 unspecified atom stereocenters. The van der Waals surface area contributed by atoms with Crippen LogP contribution in [0.3, 0.4) is 0 Å². The summed E-state index contributed by atoms with van der Waals surface area (Å²) in [7, 11) is -2.18. The SMILES string of the molecule is CC(C)CNC(=O)C(C)N(Cc1ccc(Cl)cc1)C(=O)CN(C)S(C)(=O)=O. The van der Waals surface area contributed by atoms with Gasteiger partial charge in [0.1, 0.15) is 6.04 Å². The van der Waals surface area contributed by atoms with Crippen molar-refractivity contribution in [3.8, 4) is 0 Å². The number of carbonyl (C=O) groups excluding carboxylic acids is 2. The zero-order valence-corrected chi connectivity index (χ0v) is 18.0. The van der Waals surface area contributed by atoms with Crippen molar-refractivity contribution < 1.29 is 18.0 Å². The fourth-order valence-electron chi connectivity index (χ4n) is 2.22. The summed E-state index contributed by atoms with van der Waals surface area (Å²) in [5.74, 6) is -0.462. The number of rotatable bonds is 9. The smallest absolute Gasteiger partial charge is 0.242 e. The molecule has 7 nitrogen and oxygen atoms in total. The first kappa shape index (κ1) is 23.4. The van der Waals surface area contributed by atoms with Crippen LogP contribution in [0, 0.1) is 5.92 Å². The zero-order valence-electron chi connectivity index (χ0n) is 16.4. The molecule has 152 valence electrons. The van der Waals surface area contributed by atoms with Crippen LogP contribution in [0.1, 0.15) is 26.3 Å². The van der Waals surface area contributed by atoms with Gasteiger partial charge in [-0.05, 0) is 30.5 Å². The van der Waals surface area contributed by atoms with Crippen molar-refractivity contribution in [1.29, 1.82) is 0 Å². The molecular weight excluding hydrogens is 390 g/mol. The molecule has 0 aliphatic carbocycles. The highest BCUT2D eigenvalue weighted by Crippen LogP contribution is 2.14. The van der Waals surface area contributed by atoms with E-state index >= 15 is 0 Å². The summed E-state index contributed by atoms with van der Waals surface area (Å²) in [6.07, 6.45) is 1.03. The highest BCUT2D eigenvalue weighted by Gasteiger charge is 2.28. The van der Waals surface area contributed by atoms with Crippen LogP contribution < -0.4 is 5.32 Å². The van der Waals surface area contributed by atoms with Gasteiger partial charge < -0.3 is 10.2 Å². The van der Waals surface area contributed by atoms with Crippen LogP contribution in [0.5, 0.6) is 0 Å². The van der Waals surface area contributed by atoms with Crippen molar-refractivity contribution in [3.05, 3.63) is 34.9 Å². The van der Waals surface area contributed by atoms with Gasteiger partial charge in [0.15, 0.2) is 0 Å². The van der Waals surface area contributed by atoms with Gasteiger partial charge >= 0.3 is 0 Å². The van der Waals surface area contributed by atoms with Gasteiger partial charge in [0.2, 0.25) is 21.8 Å². The maximum atomic E-state index is 12.8. The van der Waals surface area contributed by atoms with E-state index in [0.717, 1.165) is 16.1 Å². The van der Waals surface area contributed by atoms with Gasteiger partial charge in [-0.15, -0.1) is 0 Å². The first-order valence-corrected chi connectivity index (χ1v) is 10.9. The largest absolute Gasteiger partial charge is 0.354 e. The molecule has 2 amide bonds. The van der Waals surface area contributed by atoms with E-state index in [1.54, 1.807) is 31.2 Å². The maximum Gasteiger partial charge on any atom is 0.242 e. The lowest BCUT2D eigenvalue weighted by Gasteiger charge is -2.30. The normalized spacial score (nSPS) is 12.9. The second kappa shape index (κ2) is 10.1. The topological polar surface area (TPSA) is 86.8 Å². The number of carbonyl (C=O) groups is 2. The number of hydrogen-bond acceptors (Lipinski definition) is 4. The number of nitrogens with one attached hydrogen (secondary N) is 1.